The van der Waals surface area contributed by atoms with Crippen molar-refractivity contribution in [3.05, 3.63) is 57.6 Å². The van der Waals surface area contributed by atoms with Crippen LogP contribution in [0.1, 0.15) is 11.1 Å². The van der Waals surface area contributed by atoms with Crippen LogP contribution in [0.5, 0.6) is 5.88 Å². The van der Waals surface area contributed by atoms with Crippen LogP contribution in [0.15, 0.2) is 41.4 Å². The molecule has 0 unspecified atom stereocenters. The molecule has 1 aromatic heterocycles. The summed E-state index contributed by atoms with van der Waals surface area (Å²) < 4.78 is 0. The Morgan fingerprint density at radius 2 is 1.95 bits per heavy atom. The van der Waals surface area contributed by atoms with E-state index in [2.05, 4.69) is 9.98 Å². The molecule has 0 saturated carbocycles. The van der Waals surface area contributed by atoms with Gasteiger partial charge in [0.05, 0.1) is 16.8 Å². The van der Waals surface area contributed by atoms with Crippen molar-refractivity contribution < 1.29 is 5.11 Å². The summed E-state index contributed by atoms with van der Waals surface area (Å²) >= 11 is 12.0. The van der Waals surface area contributed by atoms with Crippen LogP contribution in [0.2, 0.25) is 10.0 Å². The van der Waals surface area contributed by atoms with Crippen LogP contribution >= 0.6 is 23.2 Å². The van der Waals surface area contributed by atoms with Crippen LogP contribution in [-0.2, 0) is 0 Å². The first kappa shape index (κ1) is 14.0. The minimum atomic E-state index is 0.0641. The summed E-state index contributed by atoms with van der Waals surface area (Å²) in [6.45, 7) is 1.94. The highest BCUT2D eigenvalue weighted by Crippen LogP contribution is 2.29. The Hall–Kier alpha value is -1.97. The maximum Gasteiger partial charge on any atom is 0.198 e. The van der Waals surface area contributed by atoms with Crippen molar-refractivity contribution in [3.8, 4) is 5.88 Å². The van der Waals surface area contributed by atoms with E-state index < -0.39 is 0 Å². The predicted octanol–water partition coefficient (Wildman–Crippen LogP) is 5.24. The smallest absolute Gasteiger partial charge is 0.198 e. The molecule has 0 aliphatic carbocycles. The van der Waals surface area contributed by atoms with Gasteiger partial charge in [0.25, 0.3) is 0 Å². The molecule has 3 nitrogen and oxygen atoms in total. The third-order valence-electron chi connectivity index (χ3n) is 3.28. The van der Waals surface area contributed by atoms with Crippen LogP contribution in [0.25, 0.3) is 10.9 Å². The molecule has 0 saturated heterocycles. The molecule has 0 atom stereocenters. The highest BCUT2D eigenvalue weighted by molar-refractivity contribution is 6.31. The molecule has 0 aliphatic rings. The second-order valence-corrected chi connectivity index (χ2v) is 5.61. The Labute approximate surface area is 131 Å². The molecule has 2 aromatic carbocycles. The Bertz CT molecular complexity index is 853. The second kappa shape index (κ2) is 5.43. The fourth-order valence-corrected chi connectivity index (χ4v) is 2.46. The molecule has 3 aromatic rings. The first-order valence-corrected chi connectivity index (χ1v) is 7.10. The van der Waals surface area contributed by atoms with Gasteiger partial charge in [0.1, 0.15) is 0 Å². The SMILES string of the molecule is Cc1ccc(N=Cc2c(O)[nH]c3cc(Cl)ccc23)cc1Cl. The first-order chi connectivity index (χ1) is 10.0. The van der Waals surface area contributed by atoms with Gasteiger partial charge < -0.3 is 10.1 Å². The van der Waals surface area contributed by atoms with Gasteiger partial charge in [-0.25, -0.2) is 0 Å². The van der Waals surface area contributed by atoms with Crippen LogP contribution in [0, 0.1) is 6.92 Å². The number of hydrogen-bond acceptors (Lipinski definition) is 2. The van der Waals surface area contributed by atoms with Gasteiger partial charge in [-0.2, -0.15) is 0 Å². The maximum atomic E-state index is 9.99. The highest BCUT2D eigenvalue weighted by atomic mass is 35.5. The first-order valence-electron chi connectivity index (χ1n) is 6.35. The third-order valence-corrected chi connectivity index (χ3v) is 3.92. The molecular formula is C16H12Cl2N2O. The Morgan fingerprint density at radius 3 is 2.71 bits per heavy atom. The van der Waals surface area contributed by atoms with E-state index >= 15 is 0 Å². The monoisotopic (exact) mass is 318 g/mol. The lowest BCUT2D eigenvalue weighted by atomic mass is 10.2. The standard InChI is InChI=1S/C16H12Cl2N2O/c1-9-2-4-11(7-14(9)18)19-8-13-12-5-3-10(17)6-15(12)20-16(13)21/h2-8,20-21H,1H3. The minimum Gasteiger partial charge on any atom is -0.494 e. The van der Waals surface area contributed by atoms with E-state index in [1.807, 2.05) is 25.1 Å². The molecule has 0 aliphatic heterocycles. The van der Waals surface area contributed by atoms with E-state index in [0.717, 1.165) is 22.2 Å². The fraction of sp³-hybridized carbons (Fsp3) is 0.0625. The number of aliphatic imine (C=N–C) groups is 1. The molecule has 21 heavy (non-hydrogen) atoms. The molecule has 5 heteroatoms. The molecule has 1 heterocycles. The number of fused-ring (bicyclic) bond motifs is 1. The van der Waals surface area contributed by atoms with Gasteiger partial charge >= 0.3 is 0 Å². The third kappa shape index (κ3) is 2.75. The van der Waals surface area contributed by atoms with Crippen molar-refractivity contribution in [3.63, 3.8) is 0 Å². The van der Waals surface area contributed by atoms with Gasteiger partial charge in [0, 0.05) is 21.6 Å². The van der Waals surface area contributed by atoms with Crippen LogP contribution in [0.3, 0.4) is 0 Å². The summed E-state index contributed by atoms with van der Waals surface area (Å²) in [6.07, 6.45) is 1.61. The van der Waals surface area contributed by atoms with Gasteiger partial charge in [-0.05, 0) is 36.8 Å². The van der Waals surface area contributed by atoms with Crippen LogP contribution in [-0.4, -0.2) is 16.3 Å². The summed E-state index contributed by atoms with van der Waals surface area (Å²) in [7, 11) is 0. The number of halogens is 2. The second-order valence-electron chi connectivity index (χ2n) is 4.77. The van der Waals surface area contributed by atoms with Gasteiger partial charge in [0.2, 0.25) is 0 Å². The van der Waals surface area contributed by atoms with Crippen LogP contribution in [0.4, 0.5) is 5.69 Å². The number of H-pyrrole nitrogens is 1. The van der Waals surface area contributed by atoms with E-state index in [9.17, 15) is 5.11 Å². The average Bonchev–Trinajstić information content (AvgIpc) is 2.75. The zero-order chi connectivity index (χ0) is 15.0. The lowest BCUT2D eigenvalue weighted by molar-refractivity contribution is 0.457. The Balaban J connectivity index is 2.02. The van der Waals surface area contributed by atoms with E-state index in [4.69, 9.17) is 23.2 Å². The van der Waals surface area contributed by atoms with Gasteiger partial charge in [0.15, 0.2) is 5.88 Å². The number of nitrogens with one attached hydrogen (secondary N) is 1. The molecule has 0 bridgehead atoms. The number of aromatic amines is 1. The van der Waals surface area contributed by atoms with Crippen molar-refractivity contribution in [1.82, 2.24) is 4.98 Å². The Kier molecular flexibility index (Phi) is 3.62. The molecule has 0 radical (unpaired) electrons. The molecule has 3 rings (SSSR count). The topological polar surface area (TPSA) is 48.4 Å². The van der Waals surface area contributed by atoms with E-state index in [0.29, 0.717) is 15.6 Å². The highest BCUT2D eigenvalue weighted by Gasteiger charge is 2.09. The largest absolute Gasteiger partial charge is 0.494 e. The minimum absolute atomic E-state index is 0.0641. The van der Waals surface area contributed by atoms with E-state index in [1.165, 1.54) is 0 Å². The number of hydrogen-bond donors (Lipinski definition) is 2. The van der Waals surface area contributed by atoms with E-state index in [1.54, 1.807) is 24.4 Å². The van der Waals surface area contributed by atoms with Crippen molar-refractivity contribution in [1.29, 1.82) is 0 Å². The molecular weight excluding hydrogens is 307 g/mol. The summed E-state index contributed by atoms with van der Waals surface area (Å²) in [5.41, 5.74) is 3.12. The number of rotatable bonds is 2. The summed E-state index contributed by atoms with van der Waals surface area (Å²) in [4.78, 5) is 7.24. The normalized spacial score (nSPS) is 11.6. The number of benzene rings is 2. The molecule has 0 fully saturated rings. The maximum absolute atomic E-state index is 9.99. The fourth-order valence-electron chi connectivity index (χ4n) is 2.11. The van der Waals surface area contributed by atoms with Crippen molar-refractivity contribution in [2.24, 2.45) is 4.99 Å². The van der Waals surface area contributed by atoms with Crippen molar-refractivity contribution >= 4 is 46.0 Å². The number of aromatic nitrogens is 1. The summed E-state index contributed by atoms with van der Waals surface area (Å²) in [5.74, 6) is 0.0641. The molecule has 106 valence electrons. The quantitative estimate of drug-likeness (QED) is 0.624. The lowest BCUT2D eigenvalue weighted by Gasteiger charge is -1.99. The van der Waals surface area contributed by atoms with Gasteiger partial charge in [-0.15, -0.1) is 0 Å². The van der Waals surface area contributed by atoms with E-state index in [-0.39, 0.29) is 5.88 Å². The van der Waals surface area contributed by atoms with Gasteiger partial charge in [-0.3, -0.25) is 4.99 Å². The van der Waals surface area contributed by atoms with Crippen LogP contribution < -0.4 is 0 Å². The number of aromatic hydroxyl groups is 1. The van der Waals surface area contributed by atoms with Crippen molar-refractivity contribution in [2.45, 2.75) is 6.92 Å². The predicted molar refractivity (Wildman–Crippen MR) is 88.4 cm³/mol. The lowest BCUT2D eigenvalue weighted by Crippen LogP contribution is -1.80. The summed E-state index contributed by atoms with van der Waals surface area (Å²) in [5, 5.41) is 12.1. The van der Waals surface area contributed by atoms with Gasteiger partial charge in [-0.1, -0.05) is 35.3 Å². The average molecular weight is 319 g/mol. The Morgan fingerprint density at radius 1 is 1.14 bits per heavy atom. The number of aryl methyl sites for hydroxylation is 1. The number of nitrogens with zero attached hydrogens (tertiary/aromatic N) is 1. The molecule has 0 amide bonds. The zero-order valence-corrected chi connectivity index (χ0v) is 12.7. The molecule has 0 spiro atoms. The van der Waals surface area contributed by atoms with Crippen molar-refractivity contribution in [2.75, 3.05) is 0 Å². The zero-order valence-electron chi connectivity index (χ0n) is 11.2. The molecule has 2 N–H and O–H groups in total. The summed E-state index contributed by atoms with van der Waals surface area (Å²) in [6, 6.07) is 11.0.